The first-order valence-electron chi connectivity index (χ1n) is 8.28. The highest BCUT2D eigenvalue weighted by Gasteiger charge is 2.36. The van der Waals surface area contributed by atoms with Gasteiger partial charge in [0.1, 0.15) is 5.75 Å². The molecule has 0 amide bonds. The summed E-state index contributed by atoms with van der Waals surface area (Å²) >= 11 is 0. The Morgan fingerprint density at radius 3 is 2.71 bits per heavy atom. The molecule has 0 aliphatic heterocycles. The maximum absolute atomic E-state index is 12.2. The van der Waals surface area contributed by atoms with E-state index in [2.05, 4.69) is 11.4 Å². The molecule has 2 rings (SSSR count). The molecule has 0 radical (unpaired) electrons. The molecule has 0 unspecified atom stereocenters. The monoisotopic (exact) mass is 328 g/mol. The van der Waals surface area contributed by atoms with Gasteiger partial charge in [0.15, 0.2) is 0 Å². The summed E-state index contributed by atoms with van der Waals surface area (Å²) in [5.74, 6) is 0.566. The lowest BCUT2D eigenvalue weighted by molar-refractivity contribution is -0.124. The fourth-order valence-electron chi connectivity index (χ4n) is 3.34. The van der Waals surface area contributed by atoms with Crippen molar-refractivity contribution in [2.75, 3.05) is 7.11 Å². The highest BCUT2D eigenvalue weighted by Crippen LogP contribution is 2.34. The molecule has 0 heterocycles. The van der Waals surface area contributed by atoms with Gasteiger partial charge in [-0.15, -0.1) is 6.58 Å². The van der Waals surface area contributed by atoms with Gasteiger partial charge in [0.25, 0.3) is 0 Å². The van der Waals surface area contributed by atoms with Crippen molar-refractivity contribution in [1.82, 2.24) is 0 Å². The molecule has 128 valence electrons. The van der Waals surface area contributed by atoms with E-state index in [-0.39, 0.29) is 23.7 Å². The van der Waals surface area contributed by atoms with Gasteiger partial charge in [-0.05, 0) is 36.5 Å². The van der Waals surface area contributed by atoms with E-state index in [0.29, 0.717) is 6.61 Å². The molecule has 5 heteroatoms. The molecule has 1 aliphatic carbocycles. The molecule has 5 nitrogen and oxygen atoms in total. The van der Waals surface area contributed by atoms with Crippen LogP contribution in [0.15, 0.2) is 36.9 Å². The third-order valence-electron chi connectivity index (χ3n) is 4.63. The second-order valence-electron chi connectivity index (χ2n) is 6.06. The maximum atomic E-state index is 12.2. The van der Waals surface area contributed by atoms with Crippen molar-refractivity contribution >= 4 is 12.0 Å². The fourth-order valence-corrected chi connectivity index (χ4v) is 3.34. The number of ether oxygens (including phenoxy) is 2. The van der Waals surface area contributed by atoms with Gasteiger partial charge in [0, 0.05) is 5.92 Å². The molecule has 0 aromatic heterocycles. The molecule has 1 saturated carbocycles. The number of carbonyl (C=O) groups is 1. The zero-order chi connectivity index (χ0) is 17.4. The fraction of sp³-hybridized carbons (Fsp3) is 0.474. The molecule has 0 saturated heterocycles. The van der Waals surface area contributed by atoms with Gasteiger partial charge in [0.2, 0.25) is 5.78 Å². The molecule has 24 heavy (non-hydrogen) atoms. The van der Waals surface area contributed by atoms with Crippen LogP contribution in [0.1, 0.15) is 31.2 Å². The molecule has 1 aromatic carbocycles. The maximum Gasteiger partial charge on any atom is 0.323 e. The van der Waals surface area contributed by atoms with E-state index < -0.39 is 0 Å². The lowest BCUT2D eigenvalue weighted by Crippen LogP contribution is -2.36. The van der Waals surface area contributed by atoms with E-state index in [9.17, 15) is 4.79 Å². The largest absolute Gasteiger partial charge is 0.497 e. The van der Waals surface area contributed by atoms with Crippen molar-refractivity contribution in [1.29, 1.82) is 0 Å². The number of ketones is 1. The predicted molar refractivity (Wildman–Crippen MR) is 91.9 cm³/mol. The average molecular weight is 328 g/mol. The highest BCUT2D eigenvalue weighted by molar-refractivity contribution is 6.26. The van der Waals surface area contributed by atoms with Gasteiger partial charge in [-0.1, -0.05) is 31.1 Å². The van der Waals surface area contributed by atoms with Crippen LogP contribution in [0.25, 0.3) is 5.53 Å². The van der Waals surface area contributed by atoms with Crippen LogP contribution in [0, 0.1) is 11.8 Å². The Labute approximate surface area is 142 Å². The zero-order valence-electron chi connectivity index (χ0n) is 14.1. The average Bonchev–Trinajstić information content (AvgIpc) is 2.63. The van der Waals surface area contributed by atoms with E-state index in [1.54, 1.807) is 13.2 Å². The van der Waals surface area contributed by atoms with E-state index in [4.69, 9.17) is 15.0 Å². The van der Waals surface area contributed by atoms with Gasteiger partial charge in [-0.25, -0.2) is 0 Å². The summed E-state index contributed by atoms with van der Waals surface area (Å²) in [5.41, 5.74) is 9.67. The number of methoxy groups -OCH3 is 1. The van der Waals surface area contributed by atoms with Gasteiger partial charge in [-0.2, -0.15) is 4.79 Å². The molecular formula is C19H24N2O3. The minimum absolute atomic E-state index is 0.0694. The Morgan fingerprint density at radius 1 is 1.38 bits per heavy atom. The predicted octanol–water partition coefficient (Wildman–Crippen LogP) is 3.44. The van der Waals surface area contributed by atoms with Crippen molar-refractivity contribution < 1.29 is 19.1 Å². The second-order valence-corrected chi connectivity index (χ2v) is 6.06. The Kier molecular flexibility index (Phi) is 6.91. The van der Waals surface area contributed by atoms with Crippen LogP contribution in [0.4, 0.5) is 0 Å². The smallest absolute Gasteiger partial charge is 0.323 e. The molecular weight excluding hydrogens is 304 g/mol. The summed E-state index contributed by atoms with van der Waals surface area (Å²) in [5, 5.41) is 0. The van der Waals surface area contributed by atoms with Crippen LogP contribution < -0.4 is 4.74 Å². The lowest BCUT2D eigenvalue weighted by Gasteiger charge is -2.33. The second kappa shape index (κ2) is 9.16. The Morgan fingerprint density at radius 2 is 2.08 bits per heavy atom. The third-order valence-corrected chi connectivity index (χ3v) is 4.63. The van der Waals surface area contributed by atoms with E-state index in [1.807, 2.05) is 24.3 Å². The van der Waals surface area contributed by atoms with Gasteiger partial charge in [0.05, 0.1) is 19.8 Å². The summed E-state index contributed by atoms with van der Waals surface area (Å²) in [6, 6.07) is 7.71. The number of benzene rings is 1. The van der Waals surface area contributed by atoms with Crippen molar-refractivity contribution in [3.63, 3.8) is 0 Å². The van der Waals surface area contributed by atoms with Gasteiger partial charge >= 0.3 is 6.21 Å². The topological polar surface area (TPSA) is 71.9 Å². The Hall–Kier alpha value is -2.23. The van der Waals surface area contributed by atoms with Crippen LogP contribution in [0.3, 0.4) is 0 Å². The van der Waals surface area contributed by atoms with Crippen LogP contribution in [0.2, 0.25) is 0 Å². The minimum Gasteiger partial charge on any atom is -0.497 e. The summed E-state index contributed by atoms with van der Waals surface area (Å²) in [4.78, 5) is 15.0. The van der Waals surface area contributed by atoms with Gasteiger partial charge < -0.3 is 15.0 Å². The van der Waals surface area contributed by atoms with E-state index >= 15 is 0 Å². The third kappa shape index (κ3) is 4.63. The number of carbonyl (C=O) groups excluding carboxylic acids is 1. The first-order chi connectivity index (χ1) is 11.7. The minimum atomic E-state index is -0.201. The number of Topliss-reactive ketones (excluding diaryl/α,β-unsaturated/α-hetero) is 1. The van der Waals surface area contributed by atoms with E-state index in [0.717, 1.165) is 43.2 Å². The summed E-state index contributed by atoms with van der Waals surface area (Å²) in [6.07, 6.45) is 6.37. The Bertz CT molecular complexity index is 606. The molecule has 1 aliphatic rings. The van der Waals surface area contributed by atoms with Crippen LogP contribution in [-0.4, -0.2) is 30.0 Å². The number of nitrogens with zero attached hydrogens (tertiary/aromatic N) is 2. The summed E-state index contributed by atoms with van der Waals surface area (Å²) in [7, 11) is 1.63. The van der Waals surface area contributed by atoms with Crippen molar-refractivity contribution in [3.8, 4) is 5.75 Å². The van der Waals surface area contributed by atoms with Crippen molar-refractivity contribution in [2.24, 2.45) is 11.8 Å². The first-order valence-corrected chi connectivity index (χ1v) is 8.28. The first kappa shape index (κ1) is 18.1. The standard InChI is InChI=1S/C19H24N2O3/c1-3-19(24-13-14-8-10-15(23-2)11-9-14)17-7-5-4-6-16(17)18(22)12-21-20/h3,8-12,16-17,19H,1,4-7,13H2,2H3/t16-,17-,19+/m1/s1. The van der Waals surface area contributed by atoms with Crippen LogP contribution in [-0.2, 0) is 16.1 Å². The summed E-state index contributed by atoms with van der Waals surface area (Å²) < 4.78 is 11.2. The molecule has 1 aromatic rings. The number of hydrogen-bond donors (Lipinski definition) is 0. The van der Waals surface area contributed by atoms with Crippen molar-refractivity contribution in [2.45, 2.75) is 38.4 Å². The SMILES string of the molecule is C=C[C@H](OCc1ccc(OC)cc1)[C@@H]1CCCC[C@H]1C(=O)C=[N+]=[N-]. The molecule has 0 N–H and O–H groups in total. The highest BCUT2D eigenvalue weighted by atomic mass is 16.5. The molecule has 1 fully saturated rings. The molecule has 0 spiro atoms. The van der Waals surface area contributed by atoms with Gasteiger partial charge in [-0.3, -0.25) is 4.79 Å². The van der Waals surface area contributed by atoms with Crippen LogP contribution >= 0.6 is 0 Å². The lowest BCUT2D eigenvalue weighted by atomic mass is 9.74. The Balaban J connectivity index is 2.03. The normalized spacial score (nSPS) is 21.4. The summed E-state index contributed by atoms with van der Waals surface area (Å²) in [6.45, 7) is 4.33. The quantitative estimate of drug-likeness (QED) is 0.317. The number of rotatable bonds is 8. The zero-order valence-corrected chi connectivity index (χ0v) is 14.1. The molecule has 3 atom stereocenters. The van der Waals surface area contributed by atoms with E-state index in [1.165, 1.54) is 0 Å². The molecule has 0 bridgehead atoms. The number of hydrogen-bond acceptors (Lipinski definition) is 3. The van der Waals surface area contributed by atoms with Crippen molar-refractivity contribution in [3.05, 3.63) is 48.0 Å². The van der Waals surface area contributed by atoms with Crippen LogP contribution in [0.5, 0.6) is 5.75 Å².